The summed E-state index contributed by atoms with van der Waals surface area (Å²) in [5.41, 5.74) is 1.25. The number of piperidine rings is 1. The Bertz CT molecular complexity index is 782. The summed E-state index contributed by atoms with van der Waals surface area (Å²) >= 11 is 0. The Kier molecular flexibility index (Phi) is 6.45. The maximum absolute atomic E-state index is 13.0. The van der Waals surface area contributed by atoms with Crippen LogP contribution in [0.2, 0.25) is 0 Å². The summed E-state index contributed by atoms with van der Waals surface area (Å²) in [5, 5.41) is 2.89. The molecule has 1 fully saturated rings. The van der Waals surface area contributed by atoms with Crippen molar-refractivity contribution in [3.63, 3.8) is 0 Å². The first-order valence-electron chi connectivity index (χ1n) is 9.97. The Morgan fingerprint density at radius 3 is 2.32 bits per heavy atom. The third kappa shape index (κ3) is 4.97. The van der Waals surface area contributed by atoms with Crippen molar-refractivity contribution in [2.24, 2.45) is 11.3 Å². The number of benzene rings is 1. The summed E-state index contributed by atoms with van der Waals surface area (Å²) in [5.74, 6) is 0.272. The molecule has 0 radical (unpaired) electrons. The number of likely N-dealkylation sites (tertiary alicyclic amines) is 1. The number of aromatic nitrogens is 1. The van der Waals surface area contributed by atoms with Crippen molar-refractivity contribution in [1.82, 2.24) is 15.2 Å². The molecule has 0 unspecified atom stereocenters. The van der Waals surface area contributed by atoms with Crippen LogP contribution < -0.4 is 5.32 Å². The molecule has 2 aromatic rings. The lowest BCUT2D eigenvalue weighted by molar-refractivity contribution is -0.149. The highest BCUT2D eigenvalue weighted by atomic mass is 16.2. The van der Waals surface area contributed by atoms with Crippen LogP contribution in [-0.2, 0) is 22.6 Å². The molecule has 1 aliphatic heterocycles. The van der Waals surface area contributed by atoms with E-state index in [1.165, 1.54) is 5.56 Å². The number of pyridine rings is 1. The Balaban J connectivity index is 1.50. The minimum atomic E-state index is -1.07. The van der Waals surface area contributed by atoms with E-state index in [0.717, 1.165) is 37.9 Å². The molecule has 5 heteroatoms. The van der Waals surface area contributed by atoms with Gasteiger partial charge < -0.3 is 10.2 Å². The highest BCUT2D eigenvalue weighted by Crippen LogP contribution is 2.26. The van der Waals surface area contributed by atoms with E-state index in [4.69, 9.17) is 0 Å². The average Bonchev–Trinajstić information content (AvgIpc) is 2.73. The first-order chi connectivity index (χ1) is 13.5. The number of hydrogen-bond donors (Lipinski definition) is 1. The molecule has 5 nitrogen and oxygen atoms in total. The van der Waals surface area contributed by atoms with Crippen LogP contribution in [0.5, 0.6) is 0 Å². The molecule has 1 N–H and O–H groups in total. The van der Waals surface area contributed by atoms with Crippen LogP contribution in [0.15, 0.2) is 54.9 Å². The molecule has 1 aliphatic rings. The molecule has 1 aromatic carbocycles. The van der Waals surface area contributed by atoms with Crippen LogP contribution in [0, 0.1) is 11.3 Å². The number of nitrogens with one attached hydrogen (secondary N) is 1. The van der Waals surface area contributed by atoms with Gasteiger partial charge in [-0.3, -0.25) is 14.6 Å². The topological polar surface area (TPSA) is 62.3 Å². The molecule has 0 spiro atoms. The lowest BCUT2D eigenvalue weighted by Gasteiger charge is -2.36. The van der Waals surface area contributed by atoms with Gasteiger partial charge >= 0.3 is 0 Å². The van der Waals surface area contributed by atoms with Gasteiger partial charge in [-0.15, -0.1) is 0 Å². The van der Waals surface area contributed by atoms with Crippen LogP contribution >= 0.6 is 0 Å². The van der Waals surface area contributed by atoms with Gasteiger partial charge in [0.2, 0.25) is 11.8 Å². The fourth-order valence-corrected chi connectivity index (χ4v) is 3.68. The van der Waals surface area contributed by atoms with E-state index in [1.807, 2.05) is 23.1 Å². The lowest BCUT2D eigenvalue weighted by Crippen LogP contribution is -2.51. The summed E-state index contributed by atoms with van der Waals surface area (Å²) in [7, 11) is 0. The molecule has 2 heterocycles. The van der Waals surface area contributed by atoms with E-state index in [9.17, 15) is 9.59 Å². The van der Waals surface area contributed by atoms with Gasteiger partial charge in [-0.1, -0.05) is 30.3 Å². The summed E-state index contributed by atoms with van der Waals surface area (Å²) in [6, 6.07) is 14.2. The largest absolute Gasteiger partial charge is 0.351 e. The van der Waals surface area contributed by atoms with Crippen molar-refractivity contribution in [3.05, 3.63) is 66.0 Å². The second-order valence-electron chi connectivity index (χ2n) is 8.09. The van der Waals surface area contributed by atoms with Crippen molar-refractivity contribution in [2.75, 3.05) is 13.1 Å². The minimum absolute atomic E-state index is 0.0853. The average molecular weight is 380 g/mol. The minimum Gasteiger partial charge on any atom is -0.351 e. The fraction of sp³-hybridized carbons (Fsp3) is 0.435. The van der Waals surface area contributed by atoms with E-state index >= 15 is 0 Å². The molecule has 1 saturated heterocycles. The second-order valence-corrected chi connectivity index (χ2v) is 8.09. The van der Waals surface area contributed by atoms with Gasteiger partial charge in [-0.25, -0.2) is 0 Å². The van der Waals surface area contributed by atoms with Gasteiger partial charge in [-0.05, 0) is 62.3 Å². The number of amides is 2. The second kappa shape index (κ2) is 9.00. The maximum atomic E-state index is 13.0. The van der Waals surface area contributed by atoms with E-state index < -0.39 is 5.41 Å². The van der Waals surface area contributed by atoms with Crippen LogP contribution in [0.1, 0.15) is 37.8 Å². The molecule has 28 heavy (non-hydrogen) atoms. The molecule has 0 atom stereocenters. The Morgan fingerprint density at radius 2 is 1.68 bits per heavy atom. The van der Waals surface area contributed by atoms with Gasteiger partial charge in [0.05, 0.1) is 0 Å². The molecule has 0 bridgehead atoms. The van der Waals surface area contributed by atoms with Crippen LogP contribution in [0.4, 0.5) is 0 Å². The number of rotatable bonds is 6. The lowest BCUT2D eigenvalue weighted by atomic mass is 9.86. The van der Waals surface area contributed by atoms with Crippen LogP contribution in [0.25, 0.3) is 0 Å². The molecule has 1 aromatic heterocycles. The quantitative estimate of drug-likeness (QED) is 0.784. The van der Waals surface area contributed by atoms with Gasteiger partial charge in [-0.2, -0.15) is 0 Å². The number of carbonyl (C=O) groups excluding carboxylic acids is 2. The Hall–Kier alpha value is -2.69. The van der Waals surface area contributed by atoms with Crippen LogP contribution in [0.3, 0.4) is 0 Å². The summed E-state index contributed by atoms with van der Waals surface area (Å²) in [6.45, 7) is 5.27. The highest BCUT2D eigenvalue weighted by Gasteiger charge is 2.40. The molecular formula is C23H29N3O2. The fourth-order valence-electron chi connectivity index (χ4n) is 3.68. The Morgan fingerprint density at radius 1 is 1.04 bits per heavy atom. The standard InChI is InChI=1S/C23H29N3O2/c1-23(2,21(27)25-17-20-8-12-24-13-9-20)22(28)26-14-10-19(11-15-26)16-18-6-4-3-5-7-18/h3-9,12-13,19H,10-11,14-17H2,1-2H3,(H,25,27). The molecule has 0 saturated carbocycles. The SMILES string of the molecule is CC(C)(C(=O)NCc1ccncc1)C(=O)N1CCC(Cc2ccccc2)CC1. The summed E-state index contributed by atoms with van der Waals surface area (Å²) < 4.78 is 0. The molecule has 0 aliphatic carbocycles. The zero-order valence-corrected chi connectivity index (χ0v) is 16.7. The molecule has 2 amide bonds. The van der Waals surface area contributed by atoms with Crippen LogP contribution in [-0.4, -0.2) is 34.8 Å². The van der Waals surface area contributed by atoms with Gasteiger partial charge in [0.1, 0.15) is 5.41 Å². The smallest absolute Gasteiger partial charge is 0.237 e. The molecule has 3 rings (SSSR count). The molecular weight excluding hydrogens is 350 g/mol. The van der Waals surface area contributed by atoms with Gasteiger partial charge in [0, 0.05) is 32.0 Å². The van der Waals surface area contributed by atoms with Crippen molar-refractivity contribution in [2.45, 2.75) is 39.7 Å². The Labute approximate surface area is 167 Å². The normalized spacial score (nSPS) is 15.3. The summed E-state index contributed by atoms with van der Waals surface area (Å²) in [6.07, 6.45) is 6.40. The van der Waals surface area contributed by atoms with Crippen molar-refractivity contribution in [1.29, 1.82) is 0 Å². The highest BCUT2D eigenvalue weighted by molar-refractivity contribution is 6.04. The number of nitrogens with zero attached hydrogens (tertiary/aromatic N) is 2. The third-order valence-corrected chi connectivity index (χ3v) is 5.57. The summed E-state index contributed by atoms with van der Waals surface area (Å²) in [4.78, 5) is 31.5. The van der Waals surface area contributed by atoms with E-state index in [0.29, 0.717) is 12.5 Å². The maximum Gasteiger partial charge on any atom is 0.237 e. The molecule has 148 valence electrons. The first-order valence-corrected chi connectivity index (χ1v) is 9.97. The van der Waals surface area contributed by atoms with Crippen molar-refractivity contribution < 1.29 is 9.59 Å². The van der Waals surface area contributed by atoms with E-state index in [1.54, 1.807) is 26.2 Å². The third-order valence-electron chi connectivity index (χ3n) is 5.57. The van der Waals surface area contributed by atoms with Gasteiger partial charge in [0.25, 0.3) is 0 Å². The van der Waals surface area contributed by atoms with Crippen molar-refractivity contribution >= 4 is 11.8 Å². The zero-order chi connectivity index (χ0) is 20.0. The predicted molar refractivity (Wildman–Crippen MR) is 109 cm³/mol. The zero-order valence-electron chi connectivity index (χ0n) is 16.7. The number of hydrogen-bond acceptors (Lipinski definition) is 3. The van der Waals surface area contributed by atoms with E-state index in [-0.39, 0.29) is 11.8 Å². The number of carbonyl (C=O) groups is 2. The first kappa shape index (κ1) is 20.1. The monoisotopic (exact) mass is 379 g/mol. The van der Waals surface area contributed by atoms with E-state index in [2.05, 4.69) is 34.6 Å². The predicted octanol–water partition coefficient (Wildman–Crippen LogP) is 3.21. The van der Waals surface area contributed by atoms with Crippen molar-refractivity contribution in [3.8, 4) is 0 Å². The van der Waals surface area contributed by atoms with Gasteiger partial charge in [0.15, 0.2) is 0 Å².